The van der Waals surface area contributed by atoms with Crippen LogP contribution in [0.1, 0.15) is 39.7 Å². The van der Waals surface area contributed by atoms with E-state index in [1.54, 1.807) is 6.20 Å². The van der Waals surface area contributed by atoms with E-state index < -0.39 is 0 Å². The smallest absolute Gasteiger partial charge is 0.135 e. The van der Waals surface area contributed by atoms with Gasteiger partial charge in [0.1, 0.15) is 5.82 Å². The van der Waals surface area contributed by atoms with Crippen LogP contribution in [0.3, 0.4) is 0 Å². The second-order valence-corrected chi connectivity index (χ2v) is 5.25. The molecule has 1 heterocycles. The van der Waals surface area contributed by atoms with Gasteiger partial charge in [0, 0.05) is 24.0 Å². The summed E-state index contributed by atoms with van der Waals surface area (Å²) in [5, 5.41) is 11.4. The fourth-order valence-electron chi connectivity index (χ4n) is 1.61. The van der Waals surface area contributed by atoms with Crippen molar-refractivity contribution < 1.29 is 0 Å². The maximum Gasteiger partial charge on any atom is 0.135 e. The van der Waals surface area contributed by atoms with E-state index in [0.717, 1.165) is 24.3 Å². The molecule has 0 unspecified atom stereocenters. The number of pyridine rings is 1. The molecule has 3 nitrogen and oxygen atoms in total. The summed E-state index contributed by atoms with van der Waals surface area (Å²) in [4.78, 5) is 4.33. The van der Waals surface area contributed by atoms with Crippen LogP contribution in [-0.4, -0.2) is 17.2 Å². The van der Waals surface area contributed by atoms with Crippen molar-refractivity contribution in [3.63, 3.8) is 0 Å². The first kappa shape index (κ1) is 13.7. The van der Waals surface area contributed by atoms with Crippen molar-refractivity contribution in [1.82, 2.24) is 4.98 Å². The molecule has 0 radical (unpaired) electrons. The summed E-state index contributed by atoms with van der Waals surface area (Å²) < 4.78 is 0. The lowest BCUT2D eigenvalue weighted by atomic mass is 10.0. The number of nitrogens with one attached hydrogen (secondary N) is 2. The molecule has 0 saturated carbocycles. The molecule has 0 aliphatic rings. The number of nitrogens with zero attached hydrogens (tertiary/aromatic N) is 1. The van der Waals surface area contributed by atoms with Gasteiger partial charge >= 0.3 is 0 Å². The predicted octanol–water partition coefficient (Wildman–Crippen LogP) is 3.56. The third kappa shape index (κ3) is 4.55. The summed E-state index contributed by atoms with van der Waals surface area (Å²) in [7, 11) is 0. The van der Waals surface area contributed by atoms with Crippen LogP contribution in [0, 0.1) is 17.2 Å². The minimum Gasteiger partial charge on any atom is -0.369 e. The molecule has 0 fully saturated rings. The van der Waals surface area contributed by atoms with Crippen molar-refractivity contribution in [2.24, 2.45) is 11.8 Å². The Morgan fingerprint density at radius 1 is 1.29 bits per heavy atom. The molecule has 1 aromatic heterocycles. The van der Waals surface area contributed by atoms with Gasteiger partial charge in [-0.15, -0.1) is 0 Å². The highest BCUT2D eigenvalue weighted by Gasteiger charge is 2.10. The highest BCUT2D eigenvalue weighted by atomic mass is 15.0. The SMILES string of the molecule is CC(C)CNc1ncccc1C(=N)CC(C)C. The Hall–Kier alpha value is -1.38. The molecule has 0 saturated heterocycles. The van der Waals surface area contributed by atoms with E-state index in [0.29, 0.717) is 17.5 Å². The second kappa shape index (κ2) is 6.38. The summed E-state index contributed by atoms with van der Waals surface area (Å²) in [5.74, 6) is 1.91. The average Bonchev–Trinajstić information content (AvgIpc) is 2.25. The van der Waals surface area contributed by atoms with Crippen LogP contribution in [0.4, 0.5) is 5.82 Å². The van der Waals surface area contributed by atoms with Gasteiger partial charge in [-0.25, -0.2) is 4.98 Å². The third-order valence-corrected chi connectivity index (χ3v) is 2.42. The molecule has 1 aromatic rings. The summed E-state index contributed by atoms with van der Waals surface area (Å²) in [5.41, 5.74) is 1.60. The molecule has 17 heavy (non-hydrogen) atoms. The van der Waals surface area contributed by atoms with Crippen molar-refractivity contribution in [1.29, 1.82) is 5.41 Å². The first-order valence-corrected chi connectivity index (χ1v) is 6.27. The maximum atomic E-state index is 8.11. The molecule has 94 valence electrons. The topological polar surface area (TPSA) is 48.8 Å². The Morgan fingerprint density at radius 3 is 2.59 bits per heavy atom. The third-order valence-electron chi connectivity index (χ3n) is 2.42. The Bertz CT molecular complexity index is 369. The Labute approximate surface area is 104 Å². The van der Waals surface area contributed by atoms with E-state index in [2.05, 4.69) is 38.0 Å². The van der Waals surface area contributed by atoms with Crippen LogP contribution in [0.15, 0.2) is 18.3 Å². The largest absolute Gasteiger partial charge is 0.369 e. The highest BCUT2D eigenvalue weighted by Crippen LogP contribution is 2.16. The molecule has 0 aliphatic carbocycles. The lowest BCUT2D eigenvalue weighted by Gasteiger charge is -2.14. The zero-order valence-corrected chi connectivity index (χ0v) is 11.2. The molecule has 0 aliphatic heterocycles. The minimum atomic E-state index is 0.501. The van der Waals surface area contributed by atoms with Gasteiger partial charge in [-0.2, -0.15) is 0 Å². The number of hydrogen-bond acceptors (Lipinski definition) is 3. The van der Waals surface area contributed by atoms with Crippen LogP contribution >= 0.6 is 0 Å². The zero-order chi connectivity index (χ0) is 12.8. The van der Waals surface area contributed by atoms with E-state index in [4.69, 9.17) is 5.41 Å². The normalized spacial score (nSPS) is 10.9. The van der Waals surface area contributed by atoms with Gasteiger partial charge in [0.05, 0.1) is 0 Å². The van der Waals surface area contributed by atoms with Crippen molar-refractivity contribution in [3.05, 3.63) is 23.9 Å². The Morgan fingerprint density at radius 2 is 2.00 bits per heavy atom. The number of hydrogen-bond donors (Lipinski definition) is 2. The molecule has 0 spiro atoms. The van der Waals surface area contributed by atoms with Crippen LogP contribution in [0.2, 0.25) is 0 Å². The Kier molecular flexibility index (Phi) is 5.13. The molecule has 0 aromatic carbocycles. The number of rotatable bonds is 6. The van der Waals surface area contributed by atoms with Crippen LogP contribution in [0.5, 0.6) is 0 Å². The summed E-state index contributed by atoms with van der Waals surface area (Å²) >= 11 is 0. The lowest BCUT2D eigenvalue weighted by Crippen LogP contribution is -2.14. The van der Waals surface area contributed by atoms with E-state index in [1.807, 2.05) is 12.1 Å². The molecule has 2 N–H and O–H groups in total. The van der Waals surface area contributed by atoms with Gasteiger partial charge in [-0.1, -0.05) is 27.7 Å². The maximum absolute atomic E-state index is 8.11. The average molecular weight is 233 g/mol. The zero-order valence-electron chi connectivity index (χ0n) is 11.2. The summed E-state index contributed by atoms with van der Waals surface area (Å²) in [6, 6.07) is 3.87. The first-order valence-electron chi connectivity index (χ1n) is 6.27. The Balaban J connectivity index is 2.80. The second-order valence-electron chi connectivity index (χ2n) is 5.25. The van der Waals surface area contributed by atoms with Crippen LogP contribution < -0.4 is 5.32 Å². The van der Waals surface area contributed by atoms with Gasteiger partial charge in [-0.05, 0) is 30.4 Å². The van der Waals surface area contributed by atoms with Gasteiger partial charge in [0.25, 0.3) is 0 Å². The molecule has 0 atom stereocenters. The number of aromatic nitrogens is 1. The summed E-state index contributed by atoms with van der Waals surface area (Å²) in [6.07, 6.45) is 2.57. The van der Waals surface area contributed by atoms with E-state index in [1.165, 1.54) is 0 Å². The monoisotopic (exact) mass is 233 g/mol. The molecule has 0 bridgehead atoms. The van der Waals surface area contributed by atoms with Gasteiger partial charge in [0.2, 0.25) is 0 Å². The predicted molar refractivity (Wildman–Crippen MR) is 73.8 cm³/mol. The van der Waals surface area contributed by atoms with E-state index in [9.17, 15) is 0 Å². The standard InChI is InChI=1S/C14H23N3/c1-10(2)8-13(15)12-6-5-7-16-14(12)17-9-11(3)4/h5-7,10-11,15H,8-9H2,1-4H3,(H,16,17). The highest BCUT2D eigenvalue weighted by molar-refractivity contribution is 6.02. The van der Waals surface area contributed by atoms with Crippen molar-refractivity contribution in [3.8, 4) is 0 Å². The minimum absolute atomic E-state index is 0.501. The van der Waals surface area contributed by atoms with E-state index >= 15 is 0 Å². The van der Waals surface area contributed by atoms with Gasteiger partial charge in [0.15, 0.2) is 0 Å². The van der Waals surface area contributed by atoms with Gasteiger partial charge < -0.3 is 10.7 Å². The number of anilines is 1. The van der Waals surface area contributed by atoms with Crippen molar-refractivity contribution in [2.75, 3.05) is 11.9 Å². The molecular formula is C14H23N3. The molecular weight excluding hydrogens is 210 g/mol. The summed E-state index contributed by atoms with van der Waals surface area (Å²) in [6.45, 7) is 9.47. The van der Waals surface area contributed by atoms with Crippen LogP contribution in [0.25, 0.3) is 0 Å². The van der Waals surface area contributed by atoms with Gasteiger partial charge in [-0.3, -0.25) is 0 Å². The fourth-order valence-corrected chi connectivity index (χ4v) is 1.61. The quantitative estimate of drug-likeness (QED) is 0.738. The van der Waals surface area contributed by atoms with E-state index in [-0.39, 0.29) is 0 Å². The first-order chi connectivity index (χ1) is 8.00. The molecule has 1 rings (SSSR count). The molecule has 3 heteroatoms. The van der Waals surface area contributed by atoms with Crippen molar-refractivity contribution >= 4 is 11.5 Å². The fraction of sp³-hybridized carbons (Fsp3) is 0.571. The lowest BCUT2D eigenvalue weighted by molar-refractivity contribution is 0.680. The molecule has 0 amide bonds. The van der Waals surface area contributed by atoms with Crippen molar-refractivity contribution in [2.45, 2.75) is 34.1 Å². The van der Waals surface area contributed by atoms with Crippen LogP contribution in [-0.2, 0) is 0 Å².